The first-order valence-electron chi connectivity index (χ1n) is 7.28. The standard InChI is InChI=1S/C15H22N4/c1-15(2)5-4-13(9-15)18-6-3-7-19-14(11-18)8-12(10-16)17-19/h8,13H,3-7,9,11H2,1-2H3. The van der Waals surface area contributed by atoms with Crippen LogP contribution in [0.2, 0.25) is 0 Å². The zero-order chi connectivity index (χ0) is 13.5. The number of rotatable bonds is 1. The van der Waals surface area contributed by atoms with Gasteiger partial charge in [-0.1, -0.05) is 13.8 Å². The van der Waals surface area contributed by atoms with Crippen molar-refractivity contribution in [1.29, 1.82) is 5.26 Å². The average Bonchev–Trinajstić information content (AvgIpc) is 2.86. The van der Waals surface area contributed by atoms with E-state index in [9.17, 15) is 0 Å². The summed E-state index contributed by atoms with van der Waals surface area (Å²) in [6.45, 7) is 7.82. The van der Waals surface area contributed by atoms with Crippen LogP contribution in [-0.2, 0) is 13.1 Å². The van der Waals surface area contributed by atoms with Gasteiger partial charge in [-0.15, -0.1) is 0 Å². The summed E-state index contributed by atoms with van der Waals surface area (Å²) >= 11 is 0. The van der Waals surface area contributed by atoms with Crippen LogP contribution in [0.15, 0.2) is 6.07 Å². The van der Waals surface area contributed by atoms with E-state index >= 15 is 0 Å². The molecule has 4 nitrogen and oxygen atoms in total. The SMILES string of the molecule is CC1(C)CCC(N2CCCn3nc(C#N)cc3C2)C1. The fourth-order valence-corrected chi connectivity index (χ4v) is 3.56. The molecule has 1 unspecified atom stereocenters. The van der Waals surface area contributed by atoms with Crippen LogP contribution in [-0.4, -0.2) is 27.3 Å². The summed E-state index contributed by atoms with van der Waals surface area (Å²) in [6.07, 6.45) is 5.08. The number of fused-ring (bicyclic) bond motifs is 1. The molecular weight excluding hydrogens is 236 g/mol. The largest absolute Gasteiger partial charge is 0.294 e. The van der Waals surface area contributed by atoms with Crippen LogP contribution in [0.5, 0.6) is 0 Å². The van der Waals surface area contributed by atoms with Crippen LogP contribution >= 0.6 is 0 Å². The van der Waals surface area contributed by atoms with E-state index in [2.05, 4.69) is 29.9 Å². The van der Waals surface area contributed by atoms with Gasteiger partial charge in [0.05, 0.1) is 5.69 Å². The second kappa shape index (κ2) is 4.64. The van der Waals surface area contributed by atoms with Crippen molar-refractivity contribution in [2.45, 2.75) is 58.7 Å². The van der Waals surface area contributed by atoms with E-state index < -0.39 is 0 Å². The van der Waals surface area contributed by atoms with Gasteiger partial charge in [-0.05, 0) is 37.2 Å². The maximum atomic E-state index is 8.96. The molecule has 1 atom stereocenters. The lowest BCUT2D eigenvalue weighted by molar-refractivity contribution is 0.180. The highest BCUT2D eigenvalue weighted by molar-refractivity contribution is 5.23. The minimum atomic E-state index is 0.495. The maximum Gasteiger partial charge on any atom is 0.162 e. The molecule has 0 saturated heterocycles. The molecule has 0 radical (unpaired) electrons. The molecule has 1 saturated carbocycles. The monoisotopic (exact) mass is 258 g/mol. The van der Waals surface area contributed by atoms with E-state index in [1.807, 2.05) is 10.7 Å². The van der Waals surface area contributed by atoms with Crippen LogP contribution in [0.4, 0.5) is 0 Å². The van der Waals surface area contributed by atoms with Gasteiger partial charge in [0.2, 0.25) is 0 Å². The molecule has 102 valence electrons. The summed E-state index contributed by atoms with van der Waals surface area (Å²) in [5, 5.41) is 13.3. The molecule has 2 heterocycles. The Bertz CT molecular complexity index is 509. The van der Waals surface area contributed by atoms with Crippen molar-refractivity contribution >= 4 is 0 Å². The molecular formula is C15H22N4. The lowest BCUT2D eigenvalue weighted by Crippen LogP contribution is -2.33. The number of hydrogen-bond donors (Lipinski definition) is 0. The second-order valence-corrected chi connectivity index (χ2v) is 6.74. The Morgan fingerprint density at radius 2 is 2.26 bits per heavy atom. The summed E-state index contributed by atoms with van der Waals surface area (Å²) in [7, 11) is 0. The lowest BCUT2D eigenvalue weighted by Gasteiger charge is -2.28. The molecule has 0 N–H and O–H groups in total. The van der Waals surface area contributed by atoms with E-state index in [-0.39, 0.29) is 0 Å². The zero-order valence-corrected chi connectivity index (χ0v) is 11.9. The third-order valence-electron chi connectivity index (χ3n) is 4.62. The minimum Gasteiger partial charge on any atom is -0.294 e. The molecule has 0 amide bonds. The molecule has 4 heteroatoms. The predicted molar refractivity (Wildman–Crippen MR) is 73.4 cm³/mol. The number of nitriles is 1. The molecule has 1 aliphatic heterocycles. The van der Waals surface area contributed by atoms with Crippen molar-refractivity contribution in [1.82, 2.24) is 14.7 Å². The molecule has 1 aromatic heterocycles. The quantitative estimate of drug-likeness (QED) is 0.777. The van der Waals surface area contributed by atoms with Gasteiger partial charge in [0.25, 0.3) is 0 Å². The van der Waals surface area contributed by atoms with Gasteiger partial charge in [0, 0.05) is 25.7 Å². The molecule has 0 aromatic carbocycles. The summed E-state index contributed by atoms with van der Waals surface area (Å²) in [5.41, 5.74) is 2.26. The smallest absolute Gasteiger partial charge is 0.162 e. The van der Waals surface area contributed by atoms with Gasteiger partial charge >= 0.3 is 0 Å². The zero-order valence-electron chi connectivity index (χ0n) is 11.9. The highest BCUT2D eigenvalue weighted by Gasteiger charge is 2.35. The lowest BCUT2D eigenvalue weighted by atomic mass is 9.91. The number of aryl methyl sites for hydroxylation is 1. The van der Waals surface area contributed by atoms with Crippen molar-refractivity contribution in [3.8, 4) is 6.07 Å². The summed E-state index contributed by atoms with van der Waals surface area (Å²) in [4.78, 5) is 2.61. The first-order chi connectivity index (χ1) is 9.07. The fraction of sp³-hybridized carbons (Fsp3) is 0.733. The first-order valence-corrected chi connectivity index (χ1v) is 7.28. The van der Waals surface area contributed by atoms with E-state index in [1.54, 1.807) is 0 Å². The Kier molecular flexibility index (Phi) is 3.10. The number of nitrogens with zero attached hydrogens (tertiary/aromatic N) is 4. The Morgan fingerprint density at radius 3 is 2.95 bits per heavy atom. The summed E-state index contributed by atoms with van der Waals surface area (Å²) in [6, 6.07) is 4.82. The Labute approximate surface area is 115 Å². The Balaban J connectivity index is 1.77. The van der Waals surface area contributed by atoms with E-state index in [4.69, 9.17) is 5.26 Å². The molecule has 0 bridgehead atoms. The van der Waals surface area contributed by atoms with Crippen molar-refractivity contribution in [2.24, 2.45) is 5.41 Å². The number of hydrogen-bond acceptors (Lipinski definition) is 3. The van der Waals surface area contributed by atoms with Crippen LogP contribution in [0, 0.1) is 16.7 Å². The van der Waals surface area contributed by atoms with E-state index in [1.165, 1.54) is 25.0 Å². The van der Waals surface area contributed by atoms with Gasteiger partial charge in [0.1, 0.15) is 6.07 Å². The highest BCUT2D eigenvalue weighted by Crippen LogP contribution is 2.40. The van der Waals surface area contributed by atoms with Crippen LogP contribution in [0.25, 0.3) is 0 Å². The molecule has 1 aliphatic carbocycles. The van der Waals surface area contributed by atoms with Gasteiger partial charge in [-0.2, -0.15) is 10.4 Å². The average molecular weight is 258 g/mol. The van der Waals surface area contributed by atoms with E-state index in [0.29, 0.717) is 17.2 Å². The number of aromatic nitrogens is 2. The Morgan fingerprint density at radius 1 is 1.42 bits per heavy atom. The normalized spacial score (nSPS) is 26.7. The van der Waals surface area contributed by atoms with E-state index in [0.717, 1.165) is 26.1 Å². The highest BCUT2D eigenvalue weighted by atomic mass is 15.3. The van der Waals surface area contributed by atoms with Crippen molar-refractivity contribution < 1.29 is 0 Å². The van der Waals surface area contributed by atoms with Crippen molar-refractivity contribution in [3.05, 3.63) is 17.5 Å². The predicted octanol–water partition coefficient (Wildman–Crippen LogP) is 2.54. The maximum absolute atomic E-state index is 8.96. The van der Waals surface area contributed by atoms with Crippen LogP contribution in [0.3, 0.4) is 0 Å². The van der Waals surface area contributed by atoms with Gasteiger partial charge in [-0.25, -0.2) is 0 Å². The molecule has 0 spiro atoms. The molecule has 1 fully saturated rings. The fourth-order valence-electron chi connectivity index (χ4n) is 3.56. The minimum absolute atomic E-state index is 0.495. The van der Waals surface area contributed by atoms with Crippen molar-refractivity contribution in [3.63, 3.8) is 0 Å². The second-order valence-electron chi connectivity index (χ2n) is 6.74. The van der Waals surface area contributed by atoms with Gasteiger partial charge in [0.15, 0.2) is 5.69 Å². The molecule has 2 aliphatic rings. The van der Waals surface area contributed by atoms with Crippen molar-refractivity contribution in [2.75, 3.05) is 6.54 Å². The molecule has 19 heavy (non-hydrogen) atoms. The van der Waals surface area contributed by atoms with Crippen LogP contribution < -0.4 is 0 Å². The molecule has 1 aromatic rings. The topological polar surface area (TPSA) is 44.9 Å². The summed E-state index contributed by atoms with van der Waals surface area (Å²) in [5.74, 6) is 0. The van der Waals surface area contributed by atoms with Gasteiger partial charge in [-0.3, -0.25) is 9.58 Å². The Hall–Kier alpha value is -1.34. The van der Waals surface area contributed by atoms with Crippen LogP contribution in [0.1, 0.15) is 50.9 Å². The third-order valence-corrected chi connectivity index (χ3v) is 4.62. The first kappa shape index (κ1) is 12.7. The third kappa shape index (κ3) is 2.52. The molecule has 3 rings (SSSR count). The van der Waals surface area contributed by atoms with Gasteiger partial charge < -0.3 is 0 Å². The summed E-state index contributed by atoms with van der Waals surface area (Å²) < 4.78 is 2.03.